The first-order valence-corrected chi connectivity index (χ1v) is 5.95. The molecule has 0 atom stereocenters. The van der Waals surface area contributed by atoms with Crippen molar-refractivity contribution < 1.29 is 35.9 Å². The van der Waals surface area contributed by atoms with Gasteiger partial charge in [-0.1, -0.05) is 0 Å². The lowest BCUT2D eigenvalue weighted by Gasteiger charge is -2.30. The number of nitrogens with zero attached hydrogens (tertiary/aromatic N) is 6. The third kappa shape index (κ3) is 3.09. The van der Waals surface area contributed by atoms with Gasteiger partial charge in [-0.15, -0.1) is 20.4 Å². The van der Waals surface area contributed by atoms with Crippen LogP contribution in [0.4, 0.5) is 26.3 Å². The molecule has 0 fully saturated rings. The topological polar surface area (TPSA) is 120 Å². The van der Waals surface area contributed by atoms with Crippen LogP contribution in [-0.2, 0) is 9.59 Å². The maximum atomic E-state index is 13.6. The van der Waals surface area contributed by atoms with Gasteiger partial charge in [0.05, 0.1) is 0 Å². The summed E-state index contributed by atoms with van der Waals surface area (Å²) in [5.41, 5.74) is 2.31. The first-order valence-electron chi connectivity index (χ1n) is 5.95. The normalized spacial score (nSPS) is 12.7. The Morgan fingerprint density at radius 2 is 0.960 bits per heavy atom. The highest BCUT2D eigenvalue weighted by Gasteiger charge is 2.78. The van der Waals surface area contributed by atoms with E-state index in [1.165, 1.54) is 0 Å². The van der Waals surface area contributed by atoms with Crippen LogP contribution in [0.25, 0.3) is 0 Å². The molecule has 0 bridgehead atoms. The molecule has 2 amide bonds. The van der Waals surface area contributed by atoms with Crippen LogP contribution in [-0.4, -0.2) is 59.3 Å². The molecule has 16 heteroatoms. The fourth-order valence-electron chi connectivity index (χ4n) is 1.37. The molecule has 0 aliphatic carbocycles. The number of hydrogen-bond acceptors (Lipinski definition) is 6. The van der Waals surface area contributed by atoms with Crippen molar-refractivity contribution in [3.8, 4) is 0 Å². The number of rotatable bonds is 6. The van der Waals surface area contributed by atoms with E-state index in [4.69, 9.17) is 0 Å². The van der Waals surface area contributed by atoms with Crippen molar-refractivity contribution in [2.24, 2.45) is 0 Å². The van der Waals surface area contributed by atoms with Crippen LogP contribution in [0.2, 0.25) is 0 Å². The highest BCUT2D eigenvalue weighted by Crippen LogP contribution is 2.46. The molecule has 0 aliphatic rings. The zero-order valence-electron chi connectivity index (χ0n) is 11.6. The minimum atomic E-state index is -6.38. The SMILES string of the molecule is O=C(Nn1cnnc1)C(F)(F)C(F)(F)C(F)(F)C(=O)Nn1cnnc1. The van der Waals surface area contributed by atoms with Gasteiger partial charge >= 0.3 is 29.6 Å². The molecule has 0 saturated carbocycles. The molecule has 25 heavy (non-hydrogen) atoms. The number of hydrogen-bond donors (Lipinski definition) is 2. The molecule has 2 aromatic heterocycles. The number of carbonyl (C=O) groups excluding carboxylic acids is 2. The average molecular weight is 372 g/mol. The second kappa shape index (κ2) is 6.02. The minimum absolute atomic E-state index is 0.321. The molecule has 0 saturated heterocycles. The molecule has 2 N–H and O–H groups in total. The van der Waals surface area contributed by atoms with E-state index in [2.05, 4.69) is 20.4 Å². The standard InChI is InChI=1S/C9H6F6N8O2/c10-7(11,5(24)20-22-1-16-17-2-22)9(14,15)8(12,13)6(25)21-23-3-18-19-4-23/h1-4H,(H,20,24)(H,21,25). The zero-order chi connectivity index (χ0) is 18.9. The Balaban J connectivity index is 2.23. The minimum Gasteiger partial charge on any atom is -0.266 e. The van der Waals surface area contributed by atoms with Crippen molar-refractivity contribution in [3.63, 3.8) is 0 Å². The van der Waals surface area contributed by atoms with Crippen molar-refractivity contribution >= 4 is 11.8 Å². The van der Waals surface area contributed by atoms with Gasteiger partial charge in [0, 0.05) is 0 Å². The fraction of sp³-hybridized carbons (Fsp3) is 0.333. The molecule has 2 rings (SSSR count). The molecular formula is C9H6F6N8O2. The number of alkyl halides is 6. The molecule has 10 nitrogen and oxygen atoms in total. The molecule has 0 unspecified atom stereocenters. The van der Waals surface area contributed by atoms with Crippen LogP contribution in [0.3, 0.4) is 0 Å². The summed E-state index contributed by atoms with van der Waals surface area (Å²) in [4.78, 5) is 22.5. The van der Waals surface area contributed by atoms with Crippen LogP contribution in [0.15, 0.2) is 25.3 Å². The summed E-state index contributed by atoms with van der Waals surface area (Å²) >= 11 is 0. The maximum absolute atomic E-state index is 13.6. The lowest BCUT2D eigenvalue weighted by atomic mass is 10.0. The van der Waals surface area contributed by atoms with E-state index >= 15 is 0 Å². The Hall–Kier alpha value is -3.20. The third-order valence-electron chi connectivity index (χ3n) is 2.66. The van der Waals surface area contributed by atoms with Gasteiger partial charge in [0.15, 0.2) is 0 Å². The summed E-state index contributed by atoms with van der Waals surface area (Å²) in [5, 5.41) is 12.3. The smallest absolute Gasteiger partial charge is 0.266 e. The Bertz CT molecular complexity index is 684. The molecule has 0 spiro atoms. The molecule has 2 aromatic rings. The van der Waals surface area contributed by atoms with Gasteiger partial charge in [0.2, 0.25) is 0 Å². The van der Waals surface area contributed by atoms with Crippen molar-refractivity contribution in [1.29, 1.82) is 0 Å². The van der Waals surface area contributed by atoms with Gasteiger partial charge in [0.25, 0.3) is 0 Å². The lowest BCUT2D eigenvalue weighted by molar-refractivity contribution is -0.284. The lowest BCUT2D eigenvalue weighted by Crippen LogP contribution is -2.64. The van der Waals surface area contributed by atoms with E-state index in [1.807, 2.05) is 0 Å². The van der Waals surface area contributed by atoms with Crippen LogP contribution >= 0.6 is 0 Å². The summed E-state index contributed by atoms with van der Waals surface area (Å²) in [5.74, 6) is -23.9. The van der Waals surface area contributed by atoms with Gasteiger partial charge in [0.1, 0.15) is 25.3 Å². The van der Waals surface area contributed by atoms with Gasteiger partial charge < -0.3 is 0 Å². The van der Waals surface area contributed by atoms with Crippen LogP contribution in [0.1, 0.15) is 0 Å². The zero-order valence-corrected chi connectivity index (χ0v) is 11.6. The summed E-state index contributed by atoms with van der Waals surface area (Å²) in [6.45, 7) is 0. The molecular weight excluding hydrogens is 366 g/mol. The molecule has 136 valence electrons. The number of amides is 2. The summed E-state index contributed by atoms with van der Waals surface area (Å²) < 4.78 is 82.4. The average Bonchev–Trinajstić information content (AvgIpc) is 3.20. The van der Waals surface area contributed by atoms with Crippen LogP contribution in [0, 0.1) is 0 Å². The Kier molecular flexibility index (Phi) is 4.37. The van der Waals surface area contributed by atoms with Crippen molar-refractivity contribution in [2.75, 3.05) is 10.9 Å². The van der Waals surface area contributed by atoms with Gasteiger partial charge in [-0.05, 0) is 0 Å². The van der Waals surface area contributed by atoms with E-state index in [0.717, 1.165) is 10.9 Å². The largest absolute Gasteiger partial charge is 0.394 e. The summed E-state index contributed by atoms with van der Waals surface area (Å²) in [7, 11) is 0. The number of aromatic nitrogens is 6. The molecule has 2 heterocycles. The van der Waals surface area contributed by atoms with E-state index in [9.17, 15) is 35.9 Å². The number of carbonyl (C=O) groups is 2. The van der Waals surface area contributed by atoms with E-state index in [-0.39, 0.29) is 0 Å². The van der Waals surface area contributed by atoms with E-state index in [0.29, 0.717) is 34.7 Å². The third-order valence-corrected chi connectivity index (χ3v) is 2.66. The Morgan fingerprint density at radius 3 is 1.24 bits per heavy atom. The second-order valence-corrected chi connectivity index (χ2v) is 4.34. The summed E-state index contributed by atoms with van der Waals surface area (Å²) in [6, 6.07) is 0. The molecule has 0 aliphatic heterocycles. The highest BCUT2D eigenvalue weighted by molar-refractivity contribution is 5.96. The van der Waals surface area contributed by atoms with Gasteiger partial charge in [-0.3, -0.25) is 20.4 Å². The van der Waals surface area contributed by atoms with Crippen molar-refractivity contribution in [3.05, 3.63) is 25.3 Å². The Morgan fingerprint density at radius 1 is 0.680 bits per heavy atom. The summed E-state index contributed by atoms with van der Waals surface area (Å²) in [6.07, 6.45) is 2.51. The van der Waals surface area contributed by atoms with E-state index < -0.39 is 29.6 Å². The second-order valence-electron chi connectivity index (χ2n) is 4.34. The number of nitrogens with one attached hydrogen (secondary N) is 2. The first kappa shape index (κ1) is 18.1. The van der Waals surface area contributed by atoms with Crippen LogP contribution < -0.4 is 10.9 Å². The quantitative estimate of drug-likeness (QED) is 0.667. The number of halogens is 6. The van der Waals surface area contributed by atoms with Gasteiger partial charge in [-0.25, -0.2) is 9.35 Å². The molecule has 0 aromatic carbocycles. The van der Waals surface area contributed by atoms with Gasteiger partial charge in [-0.2, -0.15) is 26.3 Å². The van der Waals surface area contributed by atoms with Crippen molar-refractivity contribution in [1.82, 2.24) is 29.7 Å². The Labute approximate surface area is 132 Å². The molecule has 0 radical (unpaired) electrons. The highest BCUT2D eigenvalue weighted by atomic mass is 19.3. The van der Waals surface area contributed by atoms with E-state index in [1.54, 1.807) is 0 Å². The maximum Gasteiger partial charge on any atom is 0.394 e. The fourth-order valence-corrected chi connectivity index (χ4v) is 1.37. The first-order chi connectivity index (χ1) is 11.5. The van der Waals surface area contributed by atoms with Crippen molar-refractivity contribution in [2.45, 2.75) is 17.8 Å². The van der Waals surface area contributed by atoms with Crippen LogP contribution in [0.5, 0.6) is 0 Å². The monoisotopic (exact) mass is 372 g/mol. The predicted octanol–water partition coefficient (Wildman–Crippen LogP) is -0.384. The predicted molar refractivity (Wildman–Crippen MR) is 63.6 cm³/mol.